The molecule has 0 aromatic rings. The molecule has 0 amide bonds. The van der Waals surface area contributed by atoms with E-state index in [1.165, 1.54) is 16.8 Å². The van der Waals surface area contributed by atoms with Gasteiger partial charge in [0.25, 0.3) is 0 Å². The van der Waals surface area contributed by atoms with E-state index in [4.69, 9.17) is 0 Å². The average molecular weight is 213 g/mol. The molecule has 0 radical (unpaired) electrons. The highest BCUT2D eigenvalue weighted by Crippen LogP contribution is 2.38. The zero-order valence-electron chi connectivity index (χ0n) is 9.38. The smallest absolute Gasteiger partial charge is 0.0617 e. The third kappa shape index (κ3) is 1.21. The quantitative estimate of drug-likeness (QED) is 0.639. The van der Waals surface area contributed by atoms with Crippen molar-refractivity contribution >= 4 is 0 Å². The number of likely N-dealkylation sites (N-methyl/N-ethyl adjacent to an activating group) is 1. The van der Waals surface area contributed by atoms with Gasteiger partial charge in [0.05, 0.1) is 5.70 Å². The largest absolute Gasteiger partial charge is 0.389 e. The van der Waals surface area contributed by atoms with E-state index in [1.54, 1.807) is 0 Å². The fraction of sp³-hybridized carbons (Fsp3) is 0.231. The van der Waals surface area contributed by atoms with Gasteiger partial charge in [-0.2, -0.15) is 0 Å². The van der Waals surface area contributed by atoms with Gasteiger partial charge in [-0.1, -0.05) is 6.58 Å². The van der Waals surface area contributed by atoms with Gasteiger partial charge in [-0.15, -0.1) is 0 Å². The van der Waals surface area contributed by atoms with E-state index >= 15 is 0 Å². The lowest BCUT2D eigenvalue weighted by molar-refractivity contribution is 0.538. The Labute approximate surface area is 95.5 Å². The highest BCUT2D eigenvalue weighted by atomic mass is 15.1. The molecule has 3 nitrogen and oxygen atoms in total. The van der Waals surface area contributed by atoms with Crippen molar-refractivity contribution in [3.63, 3.8) is 0 Å². The van der Waals surface area contributed by atoms with Crippen LogP contribution in [0.4, 0.5) is 0 Å². The number of hydrogen-bond donors (Lipinski definition) is 2. The fourth-order valence-corrected chi connectivity index (χ4v) is 2.24. The molecule has 2 N–H and O–H groups in total. The molecule has 1 aliphatic carbocycles. The Morgan fingerprint density at radius 1 is 1.44 bits per heavy atom. The fourth-order valence-electron chi connectivity index (χ4n) is 2.24. The van der Waals surface area contributed by atoms with Crippen LogP contribution in [0.1, 0.15) is 6.42 Å². The van der Waals surface area contributed by atoms with E-state index < -0.39 is 0 Å². The van der Waals surface area contributed by atoms with Gasteiger partial charge >= 0.3 is 0 Å². The molecule has 3 aliphatic rings. The van der Waals surface area contributed by atoms with Crippen molar-refractivity contribution in [2.45, 2.75) is 6.42 Å². The normalized spacial score (nSPS) is 24.8. The molecule has 2 aliphatic heterocycles. The SMILES string of the molecule is C=C1/C=C\NC2=CNCCC3=C(C=C23)N1C. The minimum Gasteiger partial charge on any atom is -0.389 e. The lowest BCUT2D eigenvalue weighted by Crippen LogP contribution is -2.22. The zero-order chi connectivity index (χ0) is 11.1. The second-order valence-electron chi connectivity index (χ2n) is 4.21. The lowest BCUT2D eigenvalue weighted by atomic mass is 9.88. The maximum Gasteiger partial charge on any atom is 0.0617 e. The van der Waals surface area contributed by atoms with Gasteiger partial charge in [-0.05, 0) is 24.1 Å². The maximum absolute atomic E-state index is 4.05. The molecule has 2 heterocycles. The van der Waals surface area contributed by atoms with Crippen molar-refractivity contribution in [3.05, 3.63) is 59.4 Å². The molecular weight excluding hydrogens is 198 g/mol. The molecule has 0 aromatic heterocycles. The predicted molar refractivity (Wildman–Crippen MR) is 65.0 cm³/mol. The summed E-state index contributed by atoms with van der Waals surface area (Å²) in [6.45, 7) is 5.04. The average Bonchev–Trinajstić information content (AvgIpc) is 2.32. The third-order valence-electron chi connectivity index (χ3n) is 3.28. The highest BCUT2D eigenvalue weighted by molar-refractivity contribution is 5.62. The van der Waals surface area contributed by atoms with Gasteiger partial charge in [0.1, 0.15) is 0 Å². The van der Waals surface area contributed by atoms with Crippen LogP contribution in [0.15, 0.2) is 59.4 Å². The summed E-state index contributed by atoms with van der Waals surface area (Å²) in [6, 6.07) is 0. The molecule has 4 bridgehead atoms. The van der Waals surface area contributed by atoms with Gasteiger partial charge in [0, 0.05) is 43.0 Å². The molecule has 3 heteroatoms. The molecule has 0 unspecified atom stereocenters. The third-order valence-corrected chi connectivity index (χ3v) is 3.28. The molecule has 0 atom stereocenters. The van der Waals surface area contributed by atoms with E-state index in [1.807, 2.05) is 18.5 Å². The number of nitrogens with zero attached hydrogens (tertiary/aromatic N) is 1. The Kier molecular flexibility index (Phi) is 1.93. The second-order valence-corrected chi connectivity index (χ2v) is 4.21. The summed E-state index contributed by atoms with van der Waals surface area (Å²) >= 11 is 0. The molecule has 3 rings (SSSR count). The van der Waals surface area contributed by atoms with Gasteiger partial charge in [-0.25, -0.2) is 0 Å². The Hall–Kier alpha value is -1.90. The van der Waals surface area contributed by atoms with E-state index in [2.05, 4.69) is 35.2 Å². The lowest BCUT2D eigenvalue weighted by Gasteiger charge is -2.31. The summed E-state index contributed by atoms with van der Waals surface area (Å²) in [5.41, 5.74) is 6.20. The van der Waals surface area contributed by atoms with E-state index in [0.29, 0.717) is 0 Å². The Bertz CT molecular complexity index is 477. The summed E-state index contributed by atoms with van der Waals surface area (Å²) in [5, 5.41) is 6.60. The molecule has 0 saturated carbocycles. The van der Waals surface area contributed by atoms with Crippen LogP contribution in [-0.2, 0) is 0 Å². The Morgan fingerprint density at radius 2 is 2.31 bits per heavy atom. The van der Waals surface area contributed by atoms with Crippen LogP contribution in [0, 0.1) is 0 Å². The van der Waals surface area contributed by atoms with Crippen molar-refractivity contribution in [1.29, 1.82) is 0 Å². The van der Waals surface area contributed by atoms with Crippen LogP contribution in [0.25, 0.3) is 0 Å². The van der Waals surface area contributed by atoms with Crippen molar-refractivity contribution in [2.24, 2.45) is 0 Å². The van der Waals surface area contributed by atoms with Gasteiger partial charge in [0.15, 0.2) is 0 Å². The molecule has 82 valence electrons. The van der Waals surface area contributed by atoms with Crippen molar-refractivity contribution in [3.8, 4) is 0 Å². The summed E-state index contributed by atoms with van der Waals surface area (Å²) in [6.07, 6.45) is 9.28. The number of rotatable bonds is 0. The van der Waals surface area contributed by atoms with Crippen LogP contribution in [0.5, 0.6) is 0 Å². The van der Waals surface area contributed by atoms with E-state index in [-0.39, 0.29) is 0 Å². The van der Waals surface area contributed by atoms with Crippen LogP contribution in [0.2, 0.25) is 0 Å². The van der Waals surface area contributed by atoms with Crippen molar-refractivity contribution in [2.75, 3.05) is 13.6 Å². The first-order valence-corrected chi connectivity index (χ1v) is 5.52. The number of hydrogen-bond acceptors (Lipinski definition) is 3. The first kappa shape index (κ1) is 9.33. The molecule has 0 spiro atoms. The molecule has 0 aromatic carbocycles. The Morgan fingerprint density at radius 3 is 3.19 bits per heavy atom. The topological polar surface area (TPSA) is 27.3 Å². The molecule has 16 heavy (non-hydrogen) atoms. The molecule has 0 saturated heterocycles. The predicted octanol–water partition coefficient (Wildman–Crippen LogP) is 1.58. The van der Waals surface area contributed by atoms with Gasteiger partial charge < -0.3 is 15.5 Å². The van der Waals surface area contributed by atoms with Gasteiger partial charge in [-0.3, -0.25) is 0 Å². The standard InChI is InChI=1S/C13H15N3/c1-9-3-6-15-12-8-14-5-4-10-11(12)7-13(10)16(9)2/h3,6-8,14-15H,1,4-5H2,2H3/b6-3-. The number of allylic oxidation sites excluding steroid dienone is 3. The van der Waals surface area contributed by atoms with E-state index in [9.17, 15) is 0 Å². The first-order valence-electron chi connectivity index (χ1n) is 5.52. The summed E-state index contributed by atoms with van der Waals surface area (Å²) in [5.74, 6) is 0. The number of nitrogens with one attached hydrogen (secondary N) is 2. The monoisotopic (exact) mass is 213 g/mol. The summed E-state index contributed by atoms with van der Waals surface area (Å²) in [7, 11) is 2.06. The van der Waals surface area contributed by atoms with Gasteiger partial charge in [0.2, 0.25) is 0 Å². The van der Waals surface area contributed by atoms with Crippen LogP contribution in [-0.4, -0.2) is 18.5 Å². The zero-order valence-corrected chi connectivity index (χ0v) is 9.38. The van der Waals surface area contributed by atoms with Crippen molar-refractivity contribution in [1.82, 2.24) is 15.5 Å². The molecule has 0 fully saturated rings. The minimum absolute atomic E-state index is 0.991. The van der Waals surface area contributed by atoms with Crippen LogP contribution < -0.4 is 10.6 Å². The molecular formula is C13H15N3. The summed E-state index contributed by atoms with van der Waals surface area (Å²) < 4.78 is 0. The second kappa shape index (κ2) is 3.30. The van der Waals surface area contributed by atoms with Crippen LogP contribution >= 0.6 is 0 Å². The minimum atomic E-state index is 0.991. The van der Waals surface area contributed by atoms with Crippen LogP contribution in [0.3, 0.4) is 0 Å². The van der Waals surface area contributed by atoms with Crippen molar-refractivity contribution < 1.29 is 0 Å². The maximum atomic E-state index is 4.05. The first-order chi connectivity index (χ1) is 7.77. The summed E-state index contributed by atoms with van der Waals surface area (Å²) in [4.78, 5) is 2.14. The van der Waals surface area contributed by atoms with E-state index in [0.717, 1.165) is 24.4 Å². The highest BCUT2D eigenvalue weighted by Gasteiger charge is 2.27. The Balaban J connectivity index is 2.08.